The molecule has 0 aliphatic carbocycles. The monoisotopic (exact) mass is 479 g/mol. The molecule has 10 heteroatoms. The molecule has 0 aliphatic heterocycles. The number of carbonyl (C=O) groups is 1. The Morgan fingerprint density at radius 1 is 1.10 bits per heavy atom. The fourth-order valence-electron chi connectivity index (χ4n) is 2.89. The highest BCUT2D eigenvalue weighted by Crippen LogP contribution is 2.30. The number of nitrogens with one attached hydrogen (secondary N) is 1. The minimum absolute atomic E-state index is 0.0451. The molecule has 162 valence electrons. The van der Waals surface area contributed by atoms with Crippen LogP contribution in [-0.4, -0.2) is 31.0 Å². The molecular weight excluding hydrogens is 461 g/mol. The largest absolute Gasteiger partial charge is 0.478 e. The number of nitrogens with zero attached hydrogens (tertiary/aromatic N) is 2. The Morgan fingerprint density at radius 3 is 2.42 bits per heavy atom. The van der Waals surface area contributed by atoms with E-state index in [9.17, 15) is 18.3 Å². The molecule has 0 bridgehead atoms. The SMILES string of the molecule is CCN(Cc1ccccc1)c1ncc(C(=O)O)cc1NS(=O)(=O)c1ccc(Cl)c(Cl)c1. The number of hydrogen-bond acceptors (Lipinski definition) is 5. The van der Waals surface area contributed by atoms with E-state index in [1.54, 1.807) is 0 Å². The van der Waals surface area contributed by atoms with E-state index in [1.165, 1.54) is 30.5 Å². The maximum absolute atomic E-state index is 13.0. The highest BCUT2D eigenvalue weighted by molar-refractivity contribution is 7.92. The summed E-state index contributed by atoms with van der Waals surface area (Å²) in [5.41, 5.74) is 0.891. The predicted octanol–water partition coefficient (Wildman–Crippen LogP) is 4.91. The summed E-state index contributed by atoms with van der Waals surface area (Å²) < 4.78 is 28.4. The van der Waals surface area contributed by atoms with Crippen LogP contribution >= 0.6 is 23.2 Å². The van der Waals surface area contributed by atoms with Crippen molar-refractivity contribution in [1.82, 2.24) is 4.98 Å². The highest BCUT2D eigenvalue weighted by atomic mass is 35.5. The van der Waals surface area contributed by atoms with E-state index in [4.69, 9.17) is 23.2 Å². The maximum atomic E-state index is 13.0. The lowest BCUT2D eigenvalue weighted by Crippen LogP contribution is -2.25. The molecule has 1 heterocycles. The van der Waals surface area contributed by atoms with Crippen LogP contribution in [0.1, 0.15) is 22.8 Å². The quantitative estimate of drug-likeness (QED) is 0.475. The van der Waals surface area contributed by atoms with Gasteiger partial charge in [0, 0.05) is 19.3 Å². The Hall–Kier alpha value is -2.81. The van der Waals surface area contributed by atoms with Crippen LogP contribution in [0.3, 0.4) is 0 Å². The van der Waals surface area contributed by atoms with E-state index in [2.05, 4.69) is 9.71 Å². The smallest absolute Gasteiger partial charge is 0.337 e. The Balaban J connectivity index is 2.03. The van der Waals surface area contributed by atoms with Crippen LogP contribution in [0.25, 0.3) is 0 Å². The lowest BCUT2D eigenvalue weighted by Gasteiger charge is -2.25. The van der Waals surface area contributed by atoms with Gasteiger partial charge in [-0.05, 0) is 36.8 Å². The molecule has 0 radical (unpaired) electrons. The van der Waals surface area contributed by atoms with E-state index < -0.39 is 16.0 Å². The zero-order valence-electron chi connectivity index (χ0n) is 16.4. The van der Waals surface area contributed by atoms with Crippen LogP contribution in [0, 0.1) is 0 Å². The Kier molecular flexibility index (Phi) is 7.04. The van der Waals surface area contributed by atoms with Crippen molar-refractivity contribution < 1.29 is 18.3 Å². The van der Waals surface area contributed by atoms with E-state index in [0.717, 1.165) is 5.56 Å². The molecule has 3 aromatic rings. The normalized spacial score (nSPS) is 11.2. The van der Waals surface area contributed by atoms with Gasteiger partial charge in [-0.1, -0.05) is 53.5 Å². The summed E-state index contributed by atoms with van der Waals surface area (Å²) in [4.78, 5) is 17.4. The summed E-state index contributed by atoms with van der Waals surface area (Å²) in [5, 5.41) is 9.65. The van der Waals surface area contributed by atoms with Crippen LogP contribution < -0.4 is 9.62 Å². The van der Waals surface area contributed by atoms with Crippen molar-refractivity contribution in [2.75, 3.05) is 16.2 Å². The van der Waals surface area contributed by atoms with Gasteiger partial charge in [-0.15, -0.1) is 0 Å². The number of halogens is 2. The number of rotatable bonds is 8. The number of aromatic carboxylic acids is 1. The molecule has 3 rings (SSSR count). The third kappa shape index (κ3) is 5.46. The number of hydrogen-bond donors (Lipinski definition) is 2. The van der Waals surface area contributed by atoms with Gasteiger partial charge in [0.1, 0.15) is 0 Å². The average Bonchev–Trinajstić information content (AvgIpc) is 2.74. The summed E-state index contributed by atoms with van der Waals surface area (Å²) in [6.07, 6.45) is 1.20. The number of sulfonamides is 1. The fraction of sp³-hybridized carbons (Fsp3) is 0.143. The molecule has 1 aromatic heterocycles. The van der Waals surface area contributed by atoms with Gasteiger partial charge in [-0.2, -0.15) is 0 Å². The second-order valence-corrected chi connectivity index (χ2v) is 9.08. The van der Waals surface area contributed by atoms with Crippen LogP contribution in [-0.2, 0) is 16.6 Å². The first kappa shape index (κ1) is 22.9. The molecule has 0 amide bonds. The van der Waals surface area contributed by atoms with Gasteiger partial charge in [-0.25, -0.2) is 18.2 Å². The molecule has 0 saturated carbocycles. The average molecular weight is 480 g/mol. The predicted molar refractivity (Wildman–Crippen MR) is 122 cm³/mol. The Labute approximate surface area is 190 Å². The molecule has 0 unspecified atom stereocenters. The summed E-state index contributed by atoms with van der Waals surface area (Å²) in [6.45, 7) is 2.86. The van der Waals surface area contributed by atoms with Gasteiger partial charge in [0.2, 0.25) is 0 Å². The highest BCUT2D eigenvalue weighted by Gasteiger charge is 2.22. The van der Waals surface area contributed by atoms with Gasteiger partial charge in [0.15, 0.2) is 5.82 Å². The Bertz CT molecular complexity index is 1200. The van der Waals surface area contributed by atoms with Crippen molar-refractivity contribution in [2.24, 2.45) is 0 Å². The fourth-order valence-corrected chi connectivity index (χ4v) is 4.33. The van der Waals surface area contributed by atoms with Crippen molar-refractivity contribution in [1.29, 1.82) is 0 Å². The van der Waals surface area contributed by atoms with Crippen molar-refractivity contribution in [2.45, 2.75) is 18.4 Å². The van der Waals surface area contributed by atoms with Crippen LogP contribution in [0.2, 0.25) is 10.0 Å². The Morgan fingerprint density at radius 2 is 1.81 bits per heavy atom. The third-order valence-corrected chi connectivity index (χ3v) is 6.56. The second-order valence-electron chi connectivity index (χ2n) is 6.58. The van der Waals surface area contributed by atoms with Gasteiger partial charge >= 0.3 is 5.97 Å². The maximum Gasteiger partial charge on any atom is 0.337 e. The van der Waals surface area contributed by atoms with Gasteiger partial charge in [0.25, 0.3) is 10.0 Å². The lowest BCUT2D eigenvalue weighted by atomic mass is 10.2. The molecule has 2 aromatic carbocycles. The third-order valence-electron chi connectivity index (χ3n) is 4.46. The van der Waals surface area contributed by atoms with Crippen molar-refractivity contribution >= 4 is 50.7 Å². The summed E-state index contributed by atoms with van der Waals surface area (Å²) >= 11 is 11.8. The first-order chi connectivity index (χ1) is 14.7. The molecular formula is C21H19Cl2N3O4S. The number of carboxylic acid groups (broad SMARTS) is 1. The molecule has 2 N–H and O–H groups in total. The summed E-state index contributed by atoms with van der Waals surface area (Å²) in [7, 11) is -4.08. The first-order valence-electron chi connectivity index (χ1n) is 9.21. The summed E-state index contributed by atoms with van der Waals surface area (Å²) in [6, 6.07) is 14.7. The van der Waals surface area contributed by atoms with E-state index in [1.807, 2.05) is 42.2 Å². The van der Waals surface area contributed by atoms with Crippen molar-refractivity contribution in [3.8, 4) is 0 Å². The number of carboxylic acids is 1. The molecule has 0 aliphatic rings. The molecule has 0 saturated heterocycles. The molecule has 7 nitrogen and oxygen atoms in total. The van der Waals surface area contributed by atoms with Crippen LogP contribution in [0.5, 0.6) is 0 Å². The number of benzene rings is 2. The zero-order valence-corrected chi connectivity index (χ0v) is 18.7. The van der Waals surface area contributed by atoms with Crippen molar-refractivity contribution in [3.05, 3.63) is 82.0 Å². The molecule has 31 heavy (non-hydrogen) atoms. The number of aromatic nitrogens is 1. The van der Waals surface area contributed by atoms with Gasteiger partial charge < -0.3 is 10.0 Å². The summed E-state index contributed by atoms with van der Waals surface area (Å²) in [5.74, 6) is -0.917. The van der Waals surface area contributed by atoms with Crippen LogP contribution in [0.4, 0.5) is 11.5 Å². The van der Waals surface area contributed by atoms with E-state index in [0.29, 0.717) is 18.9 Å². The number of pyridine rings is 1. The topological polar surface area (TPSA) is 99.6 Å². The van der Waals surface area contributed by atoms with E-state index in [-0.39, 0.29) is 26.2 Å². The molecule has 0 atom stereocenters. The molecule has 0 spiro atoms. The van der Waals surface area contributed by atoms with Crippen molar-refractivity contribution in [3.63, 3.8) is 0 Å². The minimum atomic E-state index is -4.08. The lowest BCUT2D eigenvalue weighted by molar-refractivity contribution is 0.0696. The first-order valence-corrected chi connectivity index (χ1v) is 11.4. The van der Waals surface area contributed by atoms with Gasteiger partial charge in [-0.3, -0.25) is 4.72 Å². The van der Waals surface area contributed by atoms with E-state index >= 15 is 0 Å². The molecule has 0 fully saturated rings. The second kappa shape index (κ2) is 9.55. The van der Waals surface area contributed by atoms with Gasteiger partial charge in [0.05, 0.1) is 26.2 Å². The standard InChI is InChI=1S/C21H19Cl2N3O4S/c1-2-26(13-14-6-4-3-5-7-14)20-19(10-15(12-24-20)21(27)28)25-31(29,30)16-8-9-17(22)18(23)11-16/h3-12,25H,2,13H2,1H3,(H,27,28). The minimum Gasteiger partial charge on any atom is -0.478 e. The zero-order chi connectivity index (χ0) is 22.6. The number of anilines is 2. The van der Waals surface area contributed by atoms with Crippen LogP contribution in [0.15, 0.2) is 65.7 Å².